The molecule has 1 amide bonds. The maximum atomic E-state index is 13.8. The molecule has 0 unspecified atom stereocenters. The van der Waals surface area contributed by atoms with E-state index < -0.39 is 23.7 Å². The number of allylic oxidation sites excluding steroid dienone is 1. The van der Waals surface area contributed by atoms with Crippen LogP contribution in [0.1, 0.15) is 41.6 Å². The minimum Gasteiger partial charge on any atom is -0.362 e. The lowest BCUT2D eigenvalue weighted by Crippen LogP contribution is -2.62. The van der Waals surface area contributed by atoms with E-state index >= 15 is 0 Å². The van der Waals surface area contributed by atoms with Crippen LogP contribution >= 0.6 is 0 Å². The Kier molecular flexibility index (Phi) is 4.07. The first-order valence-corrected chi connectivity index (χ1v) is 7.93. The number of fused-ring (bicyclic) bond motifs is 1. The number of benzene rings is 1. The van der Waals surface area contributed by atoms with Crippen molar-refractivity contribution in [3.63, 3.8) is 0 Å². The second-order valence-corrected chi connectivity index (χ2v) is 6.29. The van der Waals surface area contributed by atoms with Gasteiger partial charge in [0.25, 0.3) is 11.6 Å². The van der Waals surface area contributed by atoms with Crippen LogP contribution in [0.25, 0.3) is 0 Å². The van der Waals surface area contributed by atoms with E-state index in [1.54, 1.807) is 31.2 Å². The zero-order chi connectivity index (χ0) is 17.5. The zero-order valence-electron chi connectivity index (χ0n) is 13.2. The Morgan fingerprint density at radius 1 is 1.33 bits per heavy atom. The van der Waals surface area contributed by atoms with Crippen molar-refractivity contribution in [1.82, 2.24) is 10.4 Å². The van der Waals surface area contributed by atoms with Gasteiger partial charge in [0.2, 0.25) is 0 Å². The van der Waals surface area contributed by atoms with E-state index in [1.807, 2.05) is 0 Å². The van der Waals surface area contributed by atoms with Gasteiger partial charge in [-0.15, -0.1) is 0 Å². The van der Waals surface area contributed by atoms with Crippen LogP contribution in [0.15, 0.2) is 36.0 Å². The molecule has 24 heavy (non-hydrogen) atoms. The summed E-state index contributed by atoms with van der Waals surface area (Å²) in [4.78, 5) is 12.7. The van der Waals surface area contributed by atoms with Crippen LogP contribution in [0, 0.1) is 12.8 Å². The third-order valence-corrected chi connectivity index (χ3v) is 4.75. The quantitative estimate of drug-likeness (QED) is 0.825. The summed E-state index contributed by atoms with van der Waals surface area (Å²) in [6.45, 7) is 1.65. The van der Waals surface area contributed by atoms with Crippen LogP contribution in [-0.4, -0.2) is 27.9 Å². The van der Waals surface area contributed by atoms with Gasteiger partial charge in [-0.2, -0.15) is 13.2 Å². The first-order valence-electron chi connectivity index (χ1n) is 7.93. The fraction of sp³-hybridized carbons (Fsp3) is 0.471. The van der Waals surface area contributed by atoms with Crippen LogP contribution in [-0.2, 0) is 0 Å². The van der Waals surface area contributed by atoms with E-state index in [0.717, 1.165) is 6.42 Å². The number of amides is 1. The number of alkyl halides is 3. The van der Waals surface area contributed by atoms with Crippen molar-refractivity contribution in [2.45, 2.75) is 44.5 Å². The second-order valence-electron chi connectivity index (χ2n) is 6.29. The number of aryl methyl sites for hydroxylation is 1. The van der Waals surface area contributed by atoms with Crippen molar-refractivity contribution < 1.29 is 23.1 Å². The van der Waals surface area contributed by atoms with Gasteiger partial charge < -0.3 is 5.11 Å². The lowest BCUT2D eigenvalue weighted by molar-refractivity contribution is -0.314. The summed E-state index contributed by atoms with van der Waals surface area (Å²) in [7, 11) is 0. The molecule has 7 heteroatoms. The third-order valence-electron chi connectivity index (χ3n) is 4.75. The molecule has 3 rings (SSSR count). The molecule has 0 aromatic heterocycles. The molecular formula is C17H19F3N2O2. The summed E-state index contributed by atoms with van der Waals surface area (Å²) in [5, 5.41) is 11.0. The number of rotatable bonds is 1. The summed E-state index contributed by atoms with van der Waals surface area (Å²) in [6, 6.07) is 6.39. The highest BCUT2D eigenvalue weighted by molar-refractivity contribution is 5.96. The lowest BCUT2D eigenvalue weighted by Gasteiger charge is -2.37. The number of hydrogen-bond donors (Lipinski definition) is 2. The highest BCUT2D eigenvalue weighted by Crippen LogP contribution is 2.48. The number of carbonyl (C=O) groups excluding carboxylic acids is 1. The molecule has 1 aromatic rings. The molecule has 2 aliphatic rings. The van der Waals surface area contributed by atoms with Crippen molar-refractivity contribution in [2.24, 2.45) is 5.92 Å². The van der Waals surface area contributed by atoms with Crippen LogP contribution in [0.2, 0.25) is 0 Å². The Morgan fingerprint density at radius 3 is 2.71 bits per heavy atom. The Labute approximate surface area is 137 Å². The molecule has 0 spiro atoms. The standard InChI is InChI=1S/C17H19F3N2O2/c1-11-7-5-6-8-12(11)15(23)22-16(24,17(18,19)20)13-9-3-2-4-10-14(13)21-22/h5-8,10,13,21,24H,2-4,9H2,1H3/t13-,16-/m1/s1. The number of carbonyl (C=O) groups is 1. The van der Waals surface area contributed by atoms with Gasteiger partial charge in [0.05, 0.1) is 5.92 Å². The molecule has 2 N–H and O–H groups in total. The van der Waals surface area contributed by atoms with Gasteiger partial charge in [-0.1, -0.05) is 30.7 Å². The van der Waals surface area contributed by atoms with E-state index in [1.165, 1.54) is 6.07 Å². The Hall–Kier alpha value is -2.02. The number of nitrogens with zero attached hydrogens (tertiary/aromatic N) is 1. The predicted molar refractivity (Wildman–Crippen MR) is 81.5 cm³/mol. The smallest absolute Gasteiger partial charge is 0.362 e. The Morgan fingerprint density at radius 2 is 2.04 bits per heavy atom. The maximum absolute atomic E-state index is 13.8. The van der Waals surface area contributed by atoms with Crippen LogP contribution in [0.4, 0.5) is 13.2 Å². The predicted octanol–water partition coefficient (Wildman–Crippen LogP) is 3.28. The summed E-state index contributed by atoms with van der Waals surface area (Å²) >= 11 is 0. The highest BCUT2D eigenvalue weighted by Gasteiger charge is 2.68. The third kappa shape index (κ3) is 2.47. The van der Waals surface area contributed by atoms with Crippen molar-refractivity contribution in [2.75, 3.05) is 0 Å². The number of halogens is 3. The maximum Gasteiger partial charge on any atom is 0.439 e. The van der Waals surface area contributed by atoms with Crippen molar-refractivity contribution >= 4 is 5.91 Å². The fourth-order valence-electron chi connectivity index (χ4n) is 3.42. The average molecular weight is 340 g/mol. The summed E-state index contributed by atoms with van der Waals surface area (Å²) in [5.74, 6) is -2.07. The largest absolute Gasteiger partial charge is 0.439 e. The van der Waals surface area contributed by atoms with Crippen molar-refractivity contribution in [3.05, 3.63) is 47.2 Å². The van der Waals surface area contributed by atoms with Gasteiger partial charge >= 0.3 is 6.18 Å². The van der Waals surface area contributed by atoms with Gasteiger partial charge in [0.15, 0.2) is 0 Å². The SMILES string of the molecule is Cc1ccccc1C(=O)N1NC2=CCCCC[C@H]2[C@@]1(O)C(F)(F)F. The topological polar surface area (TPSA) is 52.6 Å². The van der Waals surface area contributed by atoms with E-state index in [-0.39, 0.29) is 17.7 Å². The van der Waals surface area contributed by atoms with Gasteiger partial charge in [0, 0.05) is 11.3 Å². The molecule has 0 bridgehead atoms. The van der Waals surface area contributed by atoms with Gasteiger partial charge in [-0.3, -0.25) is 10.2 Å². The van der Waals surface area contributed by atoms with Gasteiger partial charge in [-0.05, 0) is 37.8 Å². The first-order chi connectivity index (χ1) is 11.3. The van der Waals surface area contributed by atoms with E-state index in [2.05, 4.69) is 5.43 Å². The molecule has 1 aliphatic carbocycles. The molecule has 1 heterocycles. The second kappa shape index (κ2) is 5.81. The zero-order valence-corrected chi connectivity index (χ0v) is 13.2. The summed E-state index contributed by atoms with van der Waals surface area (Å²) in [6.07, 6.45) is -1.19. The summed E-state index contributed by atoms with van der Waals surface area (Å²) in [5.41, 5.74) is 0.236. The first kappa shape index (κ1) is 16.8. The van der Waals surface area contributed by atoms with E-state index in [4.69, 9.17) is 0 Å². The molecular weight excluding hydrogens is 321 g/mol. The number of hydrazine groups is 1. The molecule has 130 valence electrons. The molecule has 1 aliphatic heterocycles. The lowest BCUT2D eigenvalue weighted by atomic mass is 9.89. The van der Waals surface area contributed by atoms with Crippen LogP contribution < -0.4 is 5.43 Å². The van der Waals surface area contributed by atoms with Crippen molar-refractivity contribution in [3.8, 4) is 0 Å². The Balaban J connectivity index is 2.07. The monoisotopic (exact) mass is 340 g/mol. The fourth-order valence-corrected chi connectivity index (χ4v) is 3.42. The molecule has 0 radical (unpaired) electrons. The normalized spacial score (nSPS) is 27.1. The van der Waals surface area contributed by atoms with Gasteiger partial charge in [-0.25, -0.2) is 5.01 Å². The Bertz CT molecular complexity index is 687. The molecule has 4 nitrogen and oxygen atoms in total. The van der Waals surface area contributed by atoms with Crippen LogP contribution in [0.5, 0.6) is 0 Å². The highest BCUT2D eigenvalue weighted by atomic mass is 19.4. The van der Waals surface area contributed by atoms with Crippen LogP contribution in [0.3, 0.4) is 0 Å². The molecule has 1 aromatic carbocycles. The van der Waals surface area contributed by atoms with Crippen molar-refractivity contribution in [1.29, 1.82) is 0 Å². The molecule has 1 fully saturated rings. The molecule has 0 saturated carbocycles. The molecule has 1 saturated heterocycles. The molecule has 2 atom stereocenters. The minimum atomic E-state index is -4.97. The number of nitrogens with one attached hydrogen (secondary N) is 1. The van der Waals surface area contributed by atoms with E-state index in [0.29, 0.717) is 23.4 Å². The average Bonchev–Trinajstić information content (AvgIpc) is 2.68. The number of hydrogen-bond acceptors (Lipinski definition) is 3. The number of aliphatic hydroxyl groups is 1. The minimum absolute atomic E-state index is 0.129. The summed E-state index contributed by atoms with van der Waals surface area (Å²) < 4.78 is 41.3. The van der Waals surface area contributed by atoms with Gasteiger partial charge in [0.1, 0.15) is 0 Å². The van der Waals surface area contributed by atoms with E-state index in [9.17, 15) is 23.1 Å².